The lowest BCUT2D eigenvalue weighted by molar-refractivity contribution is 0.0846. The lowest BCUT2D eigenvalue weighted by Crippen LogP contribution is -2.36. The number of hydrogen-bond acceptors (Lipinski definition) is 3. The van der Waals surface area contributed by atoms with Gasteiger partial charge in [-0.2, -0.15) is 0 Å². The van der Waals surface area contributed by atoms with Crippen LogP contribution in [0, 0.1) is 5.92 Å². The first-order valence-electron chi connectivity index (χ1n) is 7.37. The number of rotatable bonds is 6. The molecule has 3 heteroatoms. The van der Waals surface area contributed by atoms with Crippen LogP contribution in [0.25, 0.3) is 0 Å². The zero-order chi connectivity index (χ0) is 11.9. The van der Waals surface area contributed by atoms with E-state index in [9.17, 15) is 0 Å². The van der Waals surface area contributed by atoms with Gasteiger partial charge in [-0.15, -0.1) is 0 Å². The van der Waals surface area contributed by atoms with E-state index in [0.29, 0.717) is 6.10 Å². The molecule has 0 bridgehead atoms. The molecule has 0 aromatic heterocycles. The van der Waals surface area contributed by atoms with Crippen molar-refractivity contribution < 1.29 is 4.74 Å². The van der Waals surface area contributed by atoms with E-state index in [4.69, 9.17) is 4.74 Å². The van der Waals surface area contributed by atoms with E-state index in [2.05, 4.69) is 17.3 Å². The summed E-state index contributed by atoms with van der Waals surface area (Å²) in [5, 5.41) is 3.26. The van der Waals surface area contributed by atoms with Crippen molar-refractivity contribution in [1.82, 2.24) is 10.2 Å². The smallest absolute Gasteiger partial charge is 0.0588 e. The first-order chi connectivity index (χ1) is 8.38. The van der Waals surface area contributed by atoms with Gasteiger partial charge in [0.15, 0.2) is 0 Å². The molecule has 3 nitrogen and oxygen atoms in total. The first-order valence-corrected chi connectivity index (χ1v) is 7.37. The summed E-state index contributed by atoms with van der Waals surface area (Å²) in [6, 6.07) is 0. The average Bonchev–Trinajstić information content (AvgIpc) is 2.88. The number of nitrogens with one attached hydrogen (secondary N) is 1. The first kappa shape index (κ1) is 13.3. The van der Waals surface area contributed by atoms with Gasteiger partial charge in [-0.25, -0.2) is 0 Å². The largest absolute Gasteiger partial charge is 0.378 e. The van der Waals surface area contributed by atoms with Crippen LogP contribution in [0.1, 0.15) is 38.5 Å². The van der Waals surface area contributed by atoms with Crippen LogP contribution in [0.15, 0.2) is 0 Å². The second-order valence-electron chi connectivity index (χ2n) is 5.60. The maximum atomic E-state index is 5.68. The molecule has 2 saturated heterocycles. The predicted octanol–water partition coefficient (Wildman–Crippen LogP) is 1.88. The third kappa shape index (κ3) is 4.57. The number of likely N-dealkylation sites (tertiary alicyclic amines) is 1. The maximum absolute atomic E-state index is 5.68. The SMILES string of the molecule is CNCCC1CCN(CCC2CCCO2)CC1. The van der Waals surface area contributed by atoms with Crippen LogP contribution in [-0.2, 0) is 4.74 Å². The van der Waals surface area contributed by atoms with E-state index in [0.717, 1.165) is 12.5 Å². The highest BCUT2D eigenvalue weighted by Crippen LogP contribution is 2.21. The van der Waals surface area contributed by atoms with Crippen molar-refractivity contribution in [1.29, 1.82) is 0 Å². The van der Waals surface area contributed by atoms with Crippen LogP contribution in [-0.4, -0.2) is 50.8 Å². The summed E-state index contributed by atoms with van der Waals surface area (Å²) in [5.74, 6) is 0.960. The summed E-state index contributed by atoms with van der Waals surface area (Å²) < 4.78 is 5.68. The molecule has 0 amide bonds. The van der Waals surface area contributed by atoms with Crippen LogP contribution < -0.4 is 5.32 Å². The Balaban J connectivity index is 1.55. The fourth-order valence-electron chi connectivity index (χ4n) is 3.05. The Bertz CT molecular complexity index is 196. The normalized spacial score (nSPS) is 27.7. The third-order valence-corrected chi connectivity index (χ3v) is 4.30. The number of nitrogens with zero attached hydrogens (tertiary/aromatic N) is 1. The van der Waals surface area contributed by atoms with Gasteiger partial charge in [0.2, 0.25) is 0 Å². The molecule has 0 aromatic carbocycles. The minimum atomic E-state index is 0.567. The quantitative estimate of drug-likeness (QED) is 0.767. The molecule has 0 radical (unpaired) electrons. The predicted molar refractivity (Wildman–Crippen MR) is 71.3 cm³/mol. The topological polar surface area (TPSA) is 24.5 Å². The molecular weight excluding hydrogens is 212 g/mol. The van der Waals surface area contributed by atoms with E-state index in [1.807, 2.05) is 0 Å². The number of ether oxygens (including phenoxy) is 1. The molecule has 1 N–H and O–H groups in total. The van der Waals surface area contributed by atoms with E-state index < -0.39 is 0 Å². The van der Waals surface area contributed by atoms with Gasteiger partial charge in [-0.05, 0) is 71.1 Å². The summed E-state index contributed by atoms with van der Waals surface area (Å²) in [6.07, 6.45) is 8.53. The summed E-state index contributed by atoms with van der Waals surface area (Å²) >= 11 is 0. The van der Waals surface area contributed by atoms with Gasteiger partial charge in [0.25, 0.3) is 0 Å². The summed E-state index contributed by atoms with van der Waals surface area (Å²) in [6.45, 7) is 6.04. The molecule has 2 aliphatic heterocycles. The molecule has 2 aliphatic rings. The van der Waals surface area contributed by atoms with E-state index in [-0.39, 0.29) is 0 Å². The van der Waals surface area contributed by atoms with Crippen molar-refractivity contribution in [2.75, 3.05) is 39.8 Å². The maximum Gasteiger partial charge on any atom is 0.0588 e. The Hall–Kier alpha value is -0.120. The lowest BCUT2D eigenvalue weighted by Gasteiger charge is -2.32. The number of hydrogen-bond donors (Lipinski definition) is 1. The fraction of sp³-hybridized carbons (Fsp3) is 1.00. The monoisotopic (exact) mass is 240 g/mol. The average molecular weight is 240 g/mol. The molecule has 0 saturated carbocycles. The molecule has 2 heterocycles. The number of piperidine rings is 1. The lowest BCUT2D eigenvalue weighted by atomic mass is 9.93. The molecule has 0 spiro atoms. The fourth-order valence-corrected chi connectivity index (χ4v) is 3.05. The van der Waals surface area contributed by atoms with Gasteiger partial charge in [-0.3, -0.25) is 0 Å². The molecule has 0 aromatic rings. The zero-order valence-electron chi connectivity index (χ0n) is 11.3. The van der Waals surface area contributed by atoms with Crippen LogP contribution in [0.3, 0.4) is 0 Å². The van der Waals surface area contributed by atoms with Gasteiger partial charge in [0, 0.05) is 13.2 Å². The minimum absolute atomic E-state index is 0.567. The van der Waals surface area contributed by atoms with Crippen LogP contribution in [0.2, 0.25) is 0 Å². The van der Waals surface area contributed by atoms with E-state index >= 15 is 0 Å². The molecule has 2 fully saturated rings. The van der Waals surface area contributed by atoms with Crippen molar-refractivity contribution in [2.24, 2.45) is 5.92 Å². The van der Waals surface area contributed by atoms with Crippen LogP contribution >= 0.6 is 0 Å². The van der Waals surface area contributed by atoms with E-state index in [1.165, 1.54) is 64.7 Å². The second-order valence-corrected chi connectivity index (χ2v) is 5.60. The van der Waals surface area contributed by atoms with E-state index in [1.54, 1.807) is 0 Å². The van der Waals surface area contributed by atoms with Crippen LogP contribution in [0.5, 0.6) is 0 Å². The van der Waals surface area contributed by atoms with Gasteiger partial charge >= 0.3 is 0 Å². The Morgan fingerprint density at radius 2 is 2.00 bits per heavy atom. The van der Waals surface area contributed by atoms with Gasteiger partial charge in [0.1, 0.15) is 0 Å². The second kappa shape index (κ2) is 7.34. The standard InChI is InChI=1S/C14H28N2O/c1-15-8-4-13-5-9-16(10-6-13)11-7-14-3-2-12-17-14/h13-15H,2-12H2,1H3. The molecule has 17 heavy (non-hydrogen) atoms. The van der Waals surface area contributed by atoms with Gasteiger partial charge in [0.05, 0.1) is 6.10 Å². The van der Waals surface area contributed by atoms with Crippen molar-refractivity contribution in [2.45, 2.75) is 44.6 Å². The Labute approximate surface area is 106 Å². The Kier molecular flexibility index (Phi) is 5.75. The van der Waals surface area contributed by atoms with Crippen LogP contribution in [0.4, 0.5) is 0 Å². The molecule has 2 rings (SSSR count). The Morgan fingerprint density at radius 3 is 2.65 bits per heavy atom. The highest BCUT2D eigenvalue weighted by molar-refractivity contribution is 4.74. The Morgan fingerprint density at radius 1 is 1.18 bits per heavy atom. The summed E-state index contributed by atoms with van der Waals surface area (Å²) in [4.78, 5) is 2.64. The highest BCUT2D eigenvalue weighted by Gasteiger charge is 2.21. The molecule has 100 valence electrons. The van der Waals surface area contributed by atoms with Crippen molar-refractivity contribution in [3.63, 3.8) is 0 Å². The zero-order valence-corrected chi connectivity index (χ0v) is 11.3. The highest BCUT2D eigenvalue weighted by atomic mass is 16.5. The van der Waals surface area contributed by atoms with Crippen molar-refractivity contribution in [3.05, 3.63) is 0 Å². The summed E-state index contributed by atoms with van der Waals surface area (Å²) in [5.41, 5.74) is 0. The molecule has 1 atom stereocenters. The van der Waals surface area contributed by atoms with Crippen molar-refractivity contribution >= 4 is 0 Å². The summed E-state index contributed by atoms with van der Waals surface area (Å²) in [7, 11) is 2.05. The van der Waals surface area contributed by atoms with Gasteiger partial charge in [-0.1, -0.05) is 0 Å². The molecule has 1 unspecified atom stereocenters. The molecular formula is C14H28N2O. The minimum Gasteiger partial charge on any atom is -0.378 e. The third-order valence-electron chi connectivity index (χ3n) is 4.30. The van der Waals surface area contributed by atoms with Crippen molar-refractivity contribution in [3.8, 4) is 0 Å². The van der Waals surface area contributed by atoms with Gasteiger partial charge < -0.3 is 15.0 Å². The molecule has 0 aliphatic carbocycles.